The van der Waals surface area contributed by atoms with Gasteiger partial charge in [-0.1, -0.05) is 37.4 Å². The van der Waals surface area contributed by atoms with Crippen molar-refractivity contribution in [3.63, 3.8) is 0 Å². The van der Waals surface area contributed by atoms with Gasteiger partial charge in [-0.05, 0) is 24.6 Å². The number of hydrogen-bond donors (Lipinski definition) is 2. The van der Waals surface area contributed by atoms with Crippen molar-refractivity contribution in [1.82, 2.24) is 15.3 Å². The zero-order chi connectivity index (χ0) is 15.8. The minimum atomic E-state index is -0.196. The maximum Gasteiger partial charge on any atom is 0.271 e. The van der Waals surface area contributed by atoms with Crippen molar-refractivity contribution >= 4 is 29.0 Å². The van der Waals surface area contributed by atoms with Gasteiger partial charge in [0.1, 0.15) is 11.5 Å². The summed E-state index contributed by atoms with van der Waals surface area (Å²) in [7, 11) is 0. The topological polar surface area (TPSA) is 66.9 Å². The largest absolute Gasteiger partial charge is 0.351 e. The first-order chi connectivity index (χ1) is 10.7. The summed E-state index contributed by atoms with van der Waals surface area (Å²) in [5.74, 6) is 0.364. The molecule has 0 unspecified atom stereocenters. The van der Waals surface area contributed by atoms with Crippen molar-refractivity contribution in [2.75, 3.05) is 11.9 Å². The Hall–Kier alpha value is -2.14. The molecule has 6 heteroatoms. The Labute approximate surface area is 135 Å². The molecule has 0 spiro atoms. The van der Waals surface area contributed by atoms with E-state index >= 15 is 0 Å². The molecule has 0 aliphatic carbocycles. The van der Waals surface area contributed by atoms with Crippen molar-refractivity contribution in [3.8, 4) is 0 Å². The fourth-order valence-electron chi connectivity index (χ4n) is 1.89. The number of unbranched alkanes of at least 4 members (excludes halogenated alkanes) is 2. The lowest BCUT2D eigenvalue weighted by molar-refractivity contribution is 0.0947. The molecule has 0 saturated carbocycles. The lowest BCUT2D eigenvalue weighted by Gasteiger charge is -2.07. The maximum atomic E-state index is 11.9. The molecule has 0 radical (unpaired) electrons. The Bertz CT molecular complexity index is 616. The third-order valence-electron chi connectivity index (χ3n) is 3.05. The number of nitrogens with zero attached hydrogens (tertiary/aromatic N) is 2. The van der Waals surface area contributed by atoms with E-state index in [0.29, 0.717) is 23.1 Å². The molecular weight excluding hydrogens is 300 g/mol. The lowest BCUT2D eigenvalue weighted by atomic mass is 10.2. The Balaban J connectivity index is 1.91. The molecule has 0 fully saturated rings. The number of carbonyl (C=O) groups excluding carboxylic acids is 1. The van der Waals surface area contributed by atoms with Crippen LogP contribution in [0.4, 0.5) is 11.5 Å². The van der Waals surface area contributed by atoms with E-state index in [4.69, 9.17) is 11.6 Å². The van der Waals surface area contributed by atoms with Gasteiger partial charge in [0.2, 0.25) is 0 Å². The standard InChI is InChI=1S/C16H19ClN4O/c1-2-3-4-8-18-16(22)14-10-20-15(11-19-14)21-13-7-5-6-12(17)9-13/h5-7,9-11H,2-4,8H2,1H3,(H,18,22)(H,20,21). The molecule has 0 aliphatic rings. The average Bonchev–Trinajstić information content (AvgIpc) is 2.52. The minimum absolute atomic E-state index is 0.196. The molecule has 1 aromatic heterocycles. The van der Waals surface area contributed by atoms with Crippen LogP contribution < -0.4 is 10.6 Å². The van der Waals surface area contributed by atoms with E-state index in [-0.39, 0.29) is 5.91 Å². The minimum Gasteiger partial charge on any atom is -0.351 e. The molecule has 1 aromatic carbocycles. The van der Waals surface area contributed by atoms with Crippen molar-refractivity contribution in [2.24, 2.45) is 0 Å². The van der Waals surface area contributed by atoms with Crippen molar-refractivity contribution in [2.45, 2.75) is 26.2 Å². The van der Waals surface area contributed by atoms with Crippen LogP contribution in [0.25, 0.3) is 0 Å². The summed E-state index contributed by atoms with van der Waals surface area (Å²) >= 11 is 5.92. The van der Waals surface area contributed by atoms with E-state index in [9.17, 15) is 4.79 Å². The molecule has 0 atom stereocenters. The molecule has 1 amide bonds. The van der Waals surface area contributed by atoms with Crippen LogP contribution in [0.1, 0.15) is 36.7 Å². The first-order valence-corrected chi connectivity index (χ1v) is 7.69. The van der Waals surface area contributed by atoms with Crippen molar-refractivity contribution in [1.29, 1.82) is 0 Å². The van der Waals surface area contributed by atoms with Gasteiger partial charge in [0, 0.05) is 17.3 Å². The summed E-state index contributed by atoms with van der Waals surface area (Å²) in [5.41, 5.74) is 1.13. The van der Waals surface area contributed by atoms with Gasteiger partial charge >= 0.3 is 0 Å². The predicted molar refractivity (Wildman–Crippen MR) is 88.6 cm³/mol. The Morgan fingerprint density at radius 2 is 2.09 bits per heavy atom. The molecule has 1 heterocycles. The van der Waals surface area contributed by atoms with E-state index < -0.39 is 0 Å². The highest BCUT2D eigenvalue weighted by atomic mass is 35.5. The summed E-state index contributed by atoms with van der Waals surface area (Å²) < 4.78 is 0. The Morgan fingerprint density at radius 1 is 1.23 bits per heavy atom. The van der Waals surface area contributed by atoms with Gasteiger partial charge in [0.15, 0.2) is 0 Å². The number of amides is 1. The molecule has 0 bridgehead atoms. The van der Waals surface area contributed by atoms with Crippen LogP contribution in [0, 0.1) is 0 Å². The van der Waals surface area contributed by atoms with Gasteiger partial charge in [-0.15, -0.1) is 0 Å². The van der Waals surface area contributed by atoms with Crippen LogP contribution in [-0.2, 0) is 0 Å². The number of aromatic nitrogens is 2. The van der Waals surface area contributed by atoms with Gasteiger partial charge in [-0.3, -0.25) is 4.79 Å². The third-order valence-corrected chi connectivity index (χ3v) is 3.28. The molecular formula is C16H19ClN4O. The SMILES string of the molecule is CCCCCNC(=O)c1cnc(Nc2cccc(Cl)c2)cn1. The van der Waals surface area contributed by atoms with E-state index in [1.807, 2.05) is 12.1 Å². The van der Waals surface area contributed by atoms with Crippen LogP contribution >= 0.6 is 11.6 Å². The second-order valence-corrected chi connectivity index (χ2v) is 5.32. The van der Waals surface area contributed by atoms with E-state index in [1.54, 1.807) is 12.1 Å². The predicted octanol–water partition coefficient (Wildman–Crippen LogP) is 3.79. The highest BCUT2D eigenvalue weighted by Crippen LogP contribution is 2.18. The van der Waals surface area contributed by atoms with Crippen molar-refractivity contribution < 1.29 is 4.79 Å². The van der Waals surface area contributed by atoms with E-state index in [2.05, 4.69) is 27.5 Å². The van der Waals surface area contributed by atoms with Gasteiger partial charge in [0.05, 0.1) is 12.4 Å². The van der Waals surface area contributed by atoms with E-state index in [0.717, 1.165) is 24.9 Å². The number of hydrogen-bond acceptors (Lipinski definition) is 4. The molecule has 22 heavy (non-hydrogen) atoms. The second kappa shape index (κ2) is 8.34. The third kappa shape index (κ3) is 5.00. The summed E-state index contributed by atoms with van der Waals surface area (Å²) in [6.45, 7) is 2.79. The summed E-state index contributed by atoms with van der Waals surface area (Å²) in [4.78, 5) is 20.2. The van der Waals surface area contributed by atoms with Crippen LogP contribution in [0.2, 0.25) is 5.02 Å². The smallest absolute Gasteiger partial charge is 0.271 e. The summed E-state index contributed by atoms with van der Waals surface area (Å²) in [6.07, 6.45) is 6.20. The number of benzene rings is 1. The zero-order valence-electron chi connectivity index (χ0n) is 12.5. The fourth-order valence-corrected chi connectivity index (χ4v) is 2.08. The zero-order valence-corrected chi connectivity index (χ0v) is 13.2. The lowest BCUT2D eigenvalue weighted by Crippen LogP contribution is -2.25. The Morgan fingerprint density at radius 3 is 2.77 bits per heavy atom. The Kier molecular flexibility index (Phi) is 6.15. The number of nitrogens with one attached hydrogen (secondary N) is 2. The molecule has 0 saturated heterocycles. The number of anilines is 2. The quantitative estimate of drug-likeness (QED) is 0.762. The second-order valence-electron chi connectivity index (χ2n) is 4.89. The summed E-state index contributed by atoms with van der Waals surface area (Å²) in [5, 5.41) is 6.55. The molecule has 5 nitrogen and oxygen atoms in total. The molecule has 2 rings (SSSR count). The summed E-state index contributed by atoms with van der Waals surface area (Å²) in [6, 6.07) is 7.31. The maximum absolute atomic E-state index is 11.9. The van der Waals surface area contributed by atoms with Crippen LogP contribution in [0.15, 0.2) is 36.7 Å². The van der Waals surface area contributed by atoms with Crippen LogP contribution in [0.3, 0.4) is 0 Å². The van der Waals surface area contributed by atoms with Gasteiger partial charge < -0.3 is 10.6 Å². The number of halogens is 1. The average molecular weight is 319 g/mol. The normalized spacial score (nSPS) is 10.3. The highest BCUT2D eigenvalue weighted by molar-refractivity contribution is 6.30. The first kappa shape index (κ1) is 16.2. The molecule has 2 aromatic rings. The van der Waals surface area contributed by atoms with Crippen LogP contribution in [-0.4, -0.2) is 22.4 Å². The number of carbonyl (C=O) groups is 1. The molecule has 2 N–H and O–H groups in total. The van der Waals surface area contributed by atoms with Gasteiger partial charge in [-0.25, -0.2) is 9.97 Å². The highest BCUT2D eigenvalue weighted by Gasteiger charge is 2.07. The van der Waals surface area contributed by atoms with Crippen LogP contribution in [0.5, 0.6) is 0 Å². The molecule has 116 valence electrons. The first-order valence-electron chi connectivity index (χ1n) is 7.32. The van der Waals surface area contributed by atoms with E-state index in [1.165, 1.54) is 12.4 Å². The number of rotatable bonds is 7. The van der Waals surface area contributed by atoms with Crippen molar-refractivity contribution in [3.05, 3.63) is 47.4 Å². The fraction of sp³-hybridized carbons (Fsp3) is 0.312. The monoisotopic (exact) mass is 318 g/mol. The van der Waals surface area contributed by atoms with Gasteiger partial charge in [-0.2, -0.15) is 0 Å². The molecule has 0 aliphatic heterocycles. The van der Waals surface area contributed by atoms with Gasteiger partial charge in [0.25, 0.3) is 5.91 Å².